The molecule has 0 aliphatic carbocycles. The third-order valence-corrected chi connectivity index (χ3v) is 3.22. The number of nitrogen functional groups attached to an aromatic ring is 1. The van der Waals surface area contributed by atoms with Crippen LogP contribution < -0.4 is 5.73 Å². The van der Waals surface area contributed by atoms with Crippen molar-refractivity contribution in [3.63, 3.8) is 0 Å². The Hall–Kier alpha value is -1.56. The van der Waals surface area contributed by atoms with E-state index in [0.29, 0.717) is 5.82 Å². The number of rotatable bonds is 2. The second kappa shape index (κ2) is 3.90. The molecule has 2 rings (SSSR count). The molecule has 2 aromatic heterocycles. The third kappa shape index (κ3) is 1.94. The first kappa shape index (κ1) is 9.97. The Bertz CT molecular complexity index is 479. The van der Waals surface area contributed by atoms with Crippen LogP contribution in [-0.2, 0) is 7.05 Å². The second-order valence-electron chi connectivity index (χ2n) is 3.11. The third-order valence-electron chi connectivity index (χ3n) is 2.04. The minimum Gasteiger partial charge on any atom is -0.383 e. The Morgan fingerprint density at radius 3 is 2.80 bits per heavy atom. The van der Waals surface area contributed by atoms with Crippen molar-refractivity contribution in [3.8, 4) is 0 Å². The molecule has 0 aliphatic heterocycles. The lowest BCUT2D eigenvalue weighted by molar-refractivity contribution is 0.787. The predicted octanol–water partition coefficient (Wildman–Crippen LogP) is 1.25. The molecule has 0 saturated heterocycles. The highest BCUT2D eigenvalue weighted by Gasteiger charge is 2.08. The second-order valence-corrected chi connectivity index (χ2v) is 4.07. The normalized spacial score (nSPS) is 10.5. The van der Waals surface area contributed by atoms with Crippen LogP contribution in [0.25, 0.3) is 0 Å². The molecule has 0 spiro atoms. The van der Waals surface area contributed by atoms with E-state index in [2.05, 4.69) is 15.0 Å². The number of nitrogens with two attached hydrogens (primary N) is 1. The molecule has 0 amide bonds. The Morgan fingerprint density at radius 2 is 2.13 bits per heavy atom. The molecule has 15 heavy (non-hydrogen) atoms. The van der Waals surface area contributed by atoms with Gasteiger partial charge in [-0.2, -0.15) is 0 Å². The standard InChI is InChI=1S/C9H11N5S/c1-6-7(10)12-5-13-8(6)15-9-11-3-4-14(9)2/h3-5H,1-2H3,(H2,10,12,13). The van der Waals surface area contributed by atoms with Crippen molar-refractivity contribution in [2.24, 2.45) is 7.05 Å². The summed E-state index contributed by atoms with van der Waals surface area (Å²) in [6.07, 6.45) is 5.11. The average molecular weight is 221 g/mol. The van der Waals surface area contributed by atoms with Gasteiger partial charge in [0.05, 0.1) is 0 Å². The lowest BCUT2D eigenvalue weighted by atomic mass is 10.4. The van der Waals surface area contributed by atoms with Gasteiger partial charge in [-0.05, 0) is 18.7 Å². The average Bonchev–Trinajstić information content (AvgIpc) is 2.60. The van der Waals surface area contributed by atoms with Gasteiger partial charge in [0, 0.05) is 25.0 Å². The zero-order valence-corrected chi connectivity index (χ0v) is 9.32. The van der Waals surface area contributed by atoms with E-state index in [1.54, 1.807) is 6.20 Å². The first-order valence-electron chi connectivity index (χ1n) is 4.40. The topological polar surface area (TPSA) is 69.6 Å². The van der Waals surface area contributed by atoms with Gasteiger partial charge in [0.25, 0.3) is 0 Å². The zero-order valence-electron chi connectivity index (χ0n) is 8.51. The van der Waals surface area contributed by atoms with Crippen LogP contribution in [0.2, 0.25) is 0 Å². The fourth-order valence-corrected chi connectivity index (χ4v) is 1.94. The molecule has 0 bridgehead atoms. The van der Waals surface area contributed by atoms with E-state index in [-0.39, 0.29) is 0 Å². The van der Waals surface area contributed by atoms with Gasteiger partial charge in [0.15, 0.2) is 5.16 Å². The number of nitrogens with zero attached hydrogens (tertiary/aromatic N) is 4. The number of aryl methyl sites for hydroxylation is 1. The summed E-state index contributed by atoms with van der Waals surface area (Å²) in [6, 6.07) is 0. The summed E-state index contributed by atoms with van der Waals surface area (Å²) in [5.41, 5.74) is 6.59. The maximum absolute atomic E-state index is 5.70. The maximum atomic E-state index is 5.70. The fraction of sp³-hybridized carbons (Fsp3) is 0.222. The summed E-state index contributed by atoms with van der Waals surface area (Å²) < 4.78 is 1.93. The van der Waals surface area contributed by atoms with Gasteiger partial charge < -0.3 is 10.3 Å². The van der Waals surface area contributed by atoms with Crippen LogP contribution in [-0.4, -0.2) is 19.5 Å². The lowest BCUT2D eigenvalue weighted by Crippen LogP contribution is -1.98. The smallest absolute Gasteiger partial charge is 0.174 e. The van der Waals surface area contributed by atoms with Crippen LogP contribution in [0.15, 0.2) is 28.9 Å². The van der Waals surface area contributed by atoms with Gasteiger partial charge in [-0.3, -0.25) is 0 Å². The van der Waals surface area contributed by atoms with Crippen molar-refractivity contribution in [1.82, 2.24) is 19.5 Å². The summed E-state index contributed by atoms with van der Waals surface area (Å²) >= 11 is 1.48. The molecule has 5 nitrogen and oxygen atoms in total. The minimum atomic E-state index is 0.515. The van der Waals surface area contributed by atoms with Gasteiger partial charge in [-0.25, -0.2) is 15.0 Å². The SMILES string of the molecule is Cc1c(N)ncnc1Sc1nccn1C. The van der Waals surface area contributed by atoms with E-state index < -0.39 is 0 Å². The molecule has 2 aromatic rings. The molecule has 2 N–H and O–H groups in total. The van der Waals surface area contributed by atoms with Crippen LogP contribution in [0.5, 0.6) is 0 Å². The number of anilines is 1. The van der Waals surface area contributed by atoms with E-state index in [4.69, 9.17) is 5.73 Å². The summed E-state index contributed by atoms with van der Waals surface area (Å²) in [5, 5.41) is 1.73. The van der Waals surface area contributed by atoms with Gasteiger partial charge in [-0.1, -0.05) is 0 Å². The molecule has 0 radical (unpaired) electrons. The van der Waals surface area contributed by atoms with E-state index >= 15 is 0 Å². The van der Waals surface area contributed by atoms with Gasteiger partial charge in [0.1, 0.15) is 17.2 Å². The molecule has 0 unspecified atom stereocenters. The minimum absolute atomic E-state index is 0.515. The van der Waals surface area contributed by atoms with Crippen LogP contribution in [0.3, 0.4) is 0 Å². The maximum Gasteiger partial charge on any atom is 0.174 e. The van der Waals surface area contributed by atoms with Crippen LogP contribution in [0.1, 0.15) is 5.56 Å². The number of hydrogen-bond donors (Lipinski definition) is 1. The molecule has 0 aromatic carbocycles. The molecule has 6 heteroatoms. The molecule has 0 fully saturated rings. The van der Waals surface area contributed by atoms with E-state index in [1.807, 2.05) is 24.7 Å². The van der Waals surface area contributed by atoms with Crippen molar-refractivity contribution in [3.05, 3.63) is 24.3 Å². The summed E-state index contributed by atoms with van der Waals surface area (Å²) in [4.78, 5) is 12.3. The number of hydrogen-bond acceptors (Lipinski definition) is 5. The molecule has 0 atom stereocenters. The van der Waals surface area contributed by atoms with Gasteiger partial charge >= 0.3 is 0 Å². The van der Waals surface area contributed by atoms with Crippen molar-refractivity contribution in [2.45, 2.75) is 17.1 Å². The van der Waals surface area contributed by atoms with E-state index in [9.17, 15) is 0 Å². The summed E-state index contributed by atoms with van der Waals surface area (Å²) in [5.74, 6) is 0.515. The Labute approximate surface area is 91.8 Å². The van der Waals surface area contributed by atoms with Crippen molar-refractivity contribution < 1.29 is 0 Å². The predicted molar refractivity (Wildman–Crippen MR) is 58.5 cm³/mol. The molecule has 0 saturated carbocycles. The first-order valence-corrected chi connectivity index (χ1v) is 5.22. The fourth-order valence-electron chi connectivity index (χ4n) is 1.09. The van der Waals surface area contributed by atoms with Gasteiger partial charge in [0.2, 0.25) is 0 Å². The Kier molecular flexibility index (Phi) is 2.59. The Balaban J connectivity index is 2.33. The summed E-state index contributed by atoms with van der Waals surface area (Å²) in [6.45, 7) is 1.90. The first-order chi connectivity index (χ1) is 7.18. The zero-order chi connectivity index (χ0) is 10.8. The highest BCUT2D eigenvalue weighted by molar-refractivity contribution is 7.99. The van der Waals surface area contributed by atoms with Crippen LogP contribution in [0.4, 0.5) is 5.82 Å². The van der Waals surface area contributed by atoms with Crippen LogP contribution >= 0.6 is 11.8 Å². The van der Waals surface area contributed by atoms with E-state index in [0.717, 1.165) is 15.7 Å². The number of imidazole rings is 1. The lowest BCUT2D eigenvalue weighted by Gasteiger charge is -2.05. The van der Waals surface area contributed by atoms with Crippen LogP contribution in [0, 0.1) is 6.92 Å². The van der Waals surface area contributed by atoms with Crippen molar-refractivity contribution in [1.29, 1.82) is 0 Å². The number of aromatic nitrogens is 4. The summed E-state index contributed by atoms with van der Waals surface area (Å²) in [7, 11) is 1.94. The molecular weight excluding hydrogens is 210 g/mol. The quantitative estimate of drug-likeness (QED) is 0.773. The molecule has 78 valence electrons. The Morgan fingerprint density at radius 1 is 1.33 bits per heavy atom. The monoisotopic (exact) mass is 221 g/mol. The van der Waals surface area contributed by atoms with Crippen molar-refractivity contribution in [2.75, 3.05) is 5.73 Å². The highest BCUT2D eigenvalue weighted by Crippen LogP contribution is 2.27. The van der Waals surface area contributed by atoms with Gasteiger partial charge in [-0.15, -0.1) is 0 Å². The molecular formula is C9H11N5S. The van der Waals surface area contributed by atoms with Crippen molar-refractivity contribution >= 4 is 17.6 Å². The highest BCUT2D eigenvalue weighted by atomic mass is 32.2. The molecule has 0 aliphatic rings. The largest absolute Gasteiger partial charge is 0.383 e. The van der Waals surface area contributed by atoms with E-state index in [1.165, 1.54) is 18.1 Å². The molecule has 2 heterocycles.